The molecule has 1 aromatic carbocycles. The fourth-order valence-corrected chi connectivity index (χ4v) is 3.46. The summed E-state index contributed by atoms with van der Waals surface area (Å²) in [6.07, 6.45) is 3.79. The second-order valence-electron chi connectivity index (χ2n) is 5.63. The van der Waals surface area contributed by atoms with E-state index in [2.05, 4.69) is 26.6 Å². The maximum atomic E-state index is 12.1. The van der Waals surface area contributed by atoms with Gasteiger partial charge in [0, 0.05) is 42.4 Å². The first kappa shape index (κ1) is 18.6. The summed E-state index contributed by atoms with van der Waals surface area (Å²) in [5.41, 5.74) is 2.10. The van der Waals surface area contributed by atoms with Crippen LogP contribution < -0.4 is 5.32 Å². The molecule has 0 saturated carbocycles. The Bertz CT molecular complexity index is 964. The van der Waals surface area contributed by atoms with Crippen LogP contribution in [0.4, 0.5) is 5.69 Å². The Kier molecular flexibility index (Phi) is 6.18. The van der Waals surface area contributed by atoms with Gasteiger partial charge < -0.3 is 9.88 Å². The van der Waals surface area contributed by atoms with Gasteiger partial charge in [0.25, 0.3) is 0 Å². The van der Waals surface area contributed by atoms with Crippen molar-refractivity contribution in [3.05, 3.63) is 54.4 Å². The van der Waals surface area contributed by atoms with E-state index in [1.54, 1.807) is 36.7 Å². The largest absolute Gasteiger partial charge is 0.326 e. The Labute approximate surface area is 161 Å². The molecule has 0 aliphatic heterocycles. The Morgan fingerprint density at radius 1 is 1.26 bits per heavy atom. The summed E-state index contributed by atoms with van der Waals surface area (Å²) in [5.74, 6) is 1.27. The van der Waals surface area contributed by atoms with Crippen LogP contribution in [0.1, 0.15) is 18.9 Å². The van der Waals surface area contributed by atoms with Crippen LogP contribution in [0.5, 0.6) is 0 Å². The fourth-order valence-electron chi connectivity index (χ4n) is 2.52. The number of aromatic nitrogens is 4. The van der Waals surface area contributed by atoms with Crippen LogP contribution in [0.3, 0.4) is 0 Å². The molecule has 1 N–H and O–H groups in total. The molecule has 136 valence electrons. The minimum atomic E-state index is -0.102. The van der Waals surface area contributed by atoms with Crippen molar-refractivity contribution in [3.63, 3.8) is 0 Å². The zero-order chi connectivity index (χ0) is 19.1. The van der Waals surface area contributed by atoms with Gasteiger partial charge in [-0.25, -0.2) is 0 Å². The zero-order valence-corrected chi connectivity index (χ0v) is 15.6. The minimum Gasteiger partial charge on any atom is -0.326 e. The van der Waals surface area contributed by atoms with Crippen molar-refractivity contribution >= 4 is 23.4 Å². The molecular weight excluding hydrogens is 360 g/mol. The van der Waals surface area contributed by atoms with Crippen molar-refractivity contribution < 1.29 is 4.79 Å². The molecule has 0 aliphatic carbocycles. The number of benzene rings is 1. The SMILES string of the molecule is CCn1c(SCCC(=O)Nc2cccc(C#N)c2)nnc1-c1ccncc1. The van der Waals surface area contributed by atoms with Gasteiger partial charge in [0.2, 0.25) is 5.91 Å². The van der Waals surface area contributed by atoms with E-state index in [9.17, 15) is 4.79 Å². The topological polar surface area (TPSA) is 96.5 Å². The van der Waals surface area contributed by atoms with E-state index in [0.29, 0.717) is 23.4 Å². The number of anilines is 1. The summed E-state index contributed by atoms with van der Waals surface area (Å²) in [7, 11) is 0. The van der Waals surface area contributed by atoms with Gasteiger partial charge >= 0.3 is 0 Å². The highest BCUT2D eigenvalue weighted by Gasteiger charge is 2.13. The first-order valence-electron chi connectivity index (χ1n) is 8.47. The average Bonchev–Trinajstić information content (AvgIpc) is 3.11. The molecule has 7 nitrogen and oxygen atoms in total. The molecule has 3 aromatic rings. The van der Waals surface area contributed by atoms with Gasteiger partial charge in [-0.2, -0.15) is 5.26 Å². The number of nitrogens with one attached hydrogen (secondary N) is 1. The Morgan fingerprint density at radius 3 is 2.81 bits per heavy atom. The molecule has 1 amide bonds. The van der Waals surface area contributed by atoms with Crippen molar-refractivity contribution in [3.8, 4) is 17.5 Å². The summed E-state index contributed by atoms with van der Waals surface area (Å²) >= 11 is 1.49. The maximum Gasteiger partial charge on any atom is 0.225 e. The second-order valence-corrected chi connectivity index (χ2v) is 6.69. The number of amides is 1. The lowest BCUT2D eigenvalue weighted by Gasteiger charge is -2.08. The maximum absolute atomic E-state index is 12.1. The number of nitrogens with zero attached hydrogens (tertiary/aromatic N) is 5. The third-order valence-corrected chi connectivity index (χ3v) is 4.78. The lowest BCUT2D eigenvalue weighted by atomic mass is 10.2. The summed E-state index contributed by atoms with van der Waals surface area (Å²) in [6, 6.07) is 12.7. The van der Waals surface area contributed by atoms with Crippen molar-refractivity contribution in [2.24, 2.45) is 0 Å². The van der Waals surface area contributed by atoms with Crippen LogP contribution in [-0.4, -0.2) is 31.4 Å². The molecule has 8 heteroatoms. The molecule has 3 rings (SSSR count). The van der Waals surface area contributed by atoms with Crippen molar-refractivity contribution in [1.29, 1.82) is 5.26 Å². The average molecular weight is 378 g/mol. The summed E-state index contributed by atoms with van der Waals surface area (Å²) < 4.78 is 2.02. The van der Waals surface area contributed by atoms with Gasteiger partial charge in [-0.05, 0) is 37.3 Å². The van der Waals surface area contributed by atoms with Crippen LogP contribution in [0, 0.1) is 11.3 Å². The number of pyridine rings is 1. The van der Waals surface area contributed by atoms with E-state index in [1.165, 1.54) is 11.8 Å². The van der Waals surface area contributed by atoms with Crippen molar-refractivity contribution in [1.82, 2.24) is 19.7 Å². The van der Waals surface area contributed by atoms with Crippen LogP contribution in [0.15, 0.2) is 53.9 Å². The molecule has 0 fully saturated rings. The number of thioether (sulfide) groups is 1. The first-order valence-corrected chi connectivity index (χ1v) is 9.46. The van der Waals surface area contributed by atoms with E-state index in [0.717, 1.165) is 23.1 Å². The molecular formula is C19H18N6OS. The summed E-state index contributed by atoms with van der Waals surface area (Å²) in [4.78, 5) is 16.1. The molecule has 0 spiro atoms. The number of hydrogen-bond acceptors (Lipinski definition) is 6. The number of carbonyl (C=O) groups excluding carboxylic acids is 1. The van der Waals surface area contributed by atoms with Gasteiger partial charge in [-0.15, -0.1) is 10.2 Å². The monoisotopic (exact) mass is 378 g/mol. The number of rotatable bonds is 7. The van der Waals surface area contributed by atoms with E-state index in [-0.39, 0.29) is 5.91 Å². The highest BCUT2D eigenvalue weighted by Crippen LogP contribution is 2.24. The van der Waals surface area contributed by atoms with Crippen LogP contribution >= 0.6 is 11.8 Å². The quantitative estimate of drug-likeness (QED) is 0.633. The van der Waals surface area contributed by atoms with Crippen molar-refractivity contribution in [2.75, 3.05) is 11.1 Å². The standard InChI is InChI=1S/C19H18N6OS/c1-2-25-18(15-6-9-21-10-7-15)23-24-19(25)27-11-8-17(26)22-16-5-3-4-14(12-16)13-20/h3-7,9-10,12H,2,8,11H2,1H3,(H,22,26). The molecule has 2 aromatic heterocycles. The minimum absolute atomic E-state index is 0.102. The zero-order valence-electron chi connectivity index (χ0n) is 14.8. The number of hydrogen-bond donors (Lipinski definition) is 1. The van der Waals surface area contributed by atoms with Gasteiger partial charge in [0.15, 0.2) is 11.0 Å². The smallest absolute Gasteiger partial charge is 0.225 e. The first-order chi connectivity index (χ1) is 13.2. The van der Waals surface area contributed by atoms with Crippen LogP contribution in [0.25, 0.3) is 11.4 Å². The lowest BCUT2D eigenvalue weighted by molar-refractivity contribution is -0.115. The van der Waals surface area contributed by atoms with E-state index < -0.39 is 0 Å². The second kappa shape index (κ2) is 8.96. The molecule has 0 radical (unpaired) electrons. The Morgan fingerprint density at radius 2 is 2.07 bits per heavy atom. The van der Waals surface area contributed by atoms with Crippen molar-refractivity contribution in [2.45, 2.75) is 25.0 Å². The van der Waals surface area contributed by atoms with Crippen LogP contribution in [0.2, 0.25) is 0 Å². The predicted molar refractivity (Wildman–Crippen MR) is 104 cm³/mol. The Hall–Kier alpha value is -3.18. The molecule has 0 bridgehead atoms. The molecule has 0 aliphatic rings. The molecule has 0 atom stereocenters. The third kappa shape index (κ3) is 4.71. The third-order valence-electron chi connectivity index (χ3n) is 3.81. The van der Waals surface area contributed by atoms with Gasteiger partial charge in [0.05, 0.1) is 11.6 Å². The van der Waals surface area contributed by atoms with E-state index in [4.69, 9.17) is 5.26 Å². The molecule has 27 heavy (non-hydrogen) atoms. The lowest BCUT2D eigenvalue weighted by Crippen LogP contribution is -2.12. The highest BCUT2D eigenvalue weighted by molar-refractivity contribution is 7.99. The van der Waals surface area contributed by atoms with E-state index >= 15 is 0 Å². The van der Waals surface area contributed by atoms with Crippen LogP contribution in [-0.2, 0) is 11.3 Å². The number of carbonyl (C=O) groups is 1. The fraction of sp³-hybridized carbons (Fsp3) is 0.211. The highest BCUT2D eigenvalue weighted by atomic mass is 32.2. The van der Waals surface area contributed by atoms with Gasteiger partial charge in [-0.1, -0.05) is 17.8 Å². The molecule has 2 heterocycles. The number of nitriles is 1. The summed E-state index contributed by atoms with van der Waals surface area (Å²) in [5, 5.41) is 21.0. The Balaban J connectivity index is 1.58. The van der Waals surface area contributed by atoms with E-state index in [1.807, 2.05) is 23.6 Å². The molecule has 0 unspecified atom stereocenters. The van der Waals surface area contributed by atoms with Gasteiger partial charge in [0.1, 0.15) is 0 Å². The normalized spacial score (nSPS) is 10.4. The molecule has 0 saturated heterocycles. The predicted octanol–water partition coefficient (Wildman–Crippen LogP) is 3.35. The summed E-state index contributed by atoms with van der Waals surface area (Å²) in [6.45, 7) is 2.77. The van der Waals surface area contributed by atoms with Gasteiger partial charge in [-0.3, -0.25) is 9.78 Å².